The number of amides is 1. The molecule has 0 bridgehead atoms. The highest BCUT2D eigenvalue weighted by molar-refractivity contribution is 5.77. The highest BCUT2D eigenvalue weighted by atomic mass is 19.1. The molecule has 0 N–H and O–H groups in total. The topological polar surface area (TPSA) is 45.0 Å². The average molecular weight is 313 g/mol. The number of hydrogen-bond acceptors (Lipinski definition) is 3. The highest BCUT2D eigenvalue weighted by Gasteiger charge is 2.40. The maximum atomic E-state index is 14.1. The van der Waals surface area contributed by atoms with Crippen molar-refractivity contribution in [1.82, 2.24) is 4.90 Å². The molecular weight excluding hydrogens is 293 g/mol. The van der Waals surface area contributed by atoms with Gasteiger partial charge in [0.05, 0.1) is 6.04 Å². The summed E-state index contributed by atoms with van der Waals surface area (Å²) in [5, 5.41) is 8.11. The monoisotopic (exact) mass is 313 g/mol. The van der Waals surface area contributed by atoms with E-state index in [1.54, 1.807) is 11.0 Å². The maximum absolute atomic E-state index is 14.1. The van der Waals surface area contributed by atoms with Crippen molar-refractivity contribution < 1.29 is 9.18 Å². The Bertz CT molecular complexity index is 686. The van der Waals surface area contributed by atoms with Gasteiger partial charge in [0.1, 0.15) is 5.82 Å². The molecule has 1 atom stereocenters. The van der Waals surface area contributed by atoms with E-state index in [9.17, 15) is 9.18 Å². The Morgan fingerprint density at radius 1 is 1.48 bits per heavy atom. The van der Waals surface area contributed by atoms with Crippen molar-refractivity contribution in [2.75, 3.05) is 6.54 Å². The van der Waals surface area contributed by atoms with Gasteiger partial charge in [-0.15, -0.1) is 12.3 Å². The quantitative estimate of drug-likeness (QED) is 0.766. The van der Waals surface area contributed by atoms with Gasteiger partial charge in [-0.3, -0.25) is 4.79 Å². The van der Waals surface area contributed by atoms with Gasteiger partial charge < -0.3 is 4.90 Å². The predicted molar refractivity (Wildman–Crippen MR) is 85.1 cm³/mol. The van der Waals surface area contributed by atoms with Crippen molar-refractivity contribution in [2.45, 2.75) is 50.7 Å². The van der Waals surface area contributed by atoms with Gasteiger partial charge in [0.2, 0.25) is 5.91 Å². The van der Waals surface area contributed by atoms with E-state index in [0.717, 1.165) is 5.56 Å². The zero-order chi connectivity index (χ0) is 16.4. The van der Waals surface area contributed by atoms with Crippen molar-refractivity contribution in [3.8, 4) is 12.3 Å². The van der Waals surface area contributed by atoms with E-state index in [-0.39, 0.29) is 17.8 Å². The van der Waals surface area contributed by atoms with E-state index in [1.165, 1.54) is 6.07 Å². The molecule has 0 spiro atoms. The van der Waals surface area contributed by atoms with Crippen LogP contribution in [-0.4, -0.2) is 23.0 Å². The fourth-order valence-corrected chi connectivity index (χ4v) is 3.32. The van der Waals surface area contributed by atoms with E-state index >= 15 is 0 Å². The summed E-state index contributed by atoms with van der Waals surface area (Å²) in [5.74, 6) is 2.38. The van der Waals surface area contributed by atoms with Crippen LogP contribution in [0.25, 0.3) is 0 Å². The summed E-state index contributed by atoms with van der Waals surface area (Å²) in [6.45, 7) is 2.51. The summed E-state index contributed by atoms with van der Waals surface area (Å²) in [5.41, 5.74) is 1.21. The minimum Gasteiger partial charge on any atom is -0.335 e. The third-order valence-electron chi connectivity index (χ3n) is 4.76. The molecule has 23 heavy (non-hydrogen) atoms. The number of benzene rings is 1. The van der Waals surface area contributed by atoms with Crippen molar-refractivity contribution in [1.29, 1.82) is 0 Å². The third-order valence-corrected chi connectivity index (χ3v) is 4.76. The van der Waals surface area contributed by atoms with Crippen LogP contribution in [0.4, 0.5) is 4.39 Å². The zero-order valence-electron chi connectivity index (χ0n) is 13.3. The molecule has 0 aromatic heterocycles. The molecule has 0 fully saturated rings. The van der Waals surface area contributed by atoms with Gasteiger partial charge in [0.25, 0.3) is 0 Å². The minimum atomic E-state index is -0.440. The molecule has 4 nitrogen and oxygen atoms in total. The number of carbonyl (C=O) groups is 1. The molecule has 1 aromatic carbocycles. The van der Waals surface area contributed by atoms with Crippen molar-refractivity contribution in [3.63, 3.8) is 0 Å². The van der Waals surface area contributed by atoms with E-state index in [1.807, 2.05) is 13.0 Å². The Morgan fingerprint density at radius 3 is 2.96 bits per heavy atom. The van der Waals surface area contributed by atoms with Gasteiger partial charge >= 0.3 is 0 Å². The molecule has 2 aliphatic rings. The van der Waals surface area contributed by atoms with Gasteiger partial charge in [-0.25, -0.2) is 4.39 Å². The largest absolute Gasteiger partial charge is 0.335 e. The number of nitrogens with zero attached hydrogens (tertiary/aromatic N) is 3. The second-order valence-electron chi connectivity index (χ2n) is 6.21. The molecule has 0 saturated heterocycles. The van der Waals surface area contributed by atoms with Gasteiger partial charge in [-0.1, -0.05) is 12.1 Å². The maximum Gasteiger partial charge on any atom is 0.223 e. The molecule has 0 radical (unpaired) electrons. The van der Waals surface area contributed by atoms with Gasteiger partial charge in [0.15, 0.2) is 5.66 Å². The highest BCUT2D eigenvalue weighted by Crippen LogP contribution is 2.38. The normalized spacial score (nSPS) is 20.7. The fraction of sp³-hybridized carbons (Fsp3) is 0.500. The number of halogens is 1. The van der Waals surface area contributed by atoms with Crippen LogP contribution >= 0.6 is 0 Å². The first kappa shape index (κ1) is 15.7. The number of carbonyl (C=O) groups excluding carboxylic acids is 1. The van der Waals surface area contributed by atoms with Crippen LogP contribution in [0, 0.1) is 18.2 Å². The number of rotatable bonds is 5. The summed E-state index contributed by atoms with van der Waals surface area (Å²) < 4.78 is 14.1. The molecule has 2 aliphatic heterocycles. The molecule has 0 unspecified atom stereocenters. The molecule has 1 aromatic rings. The summed E-state index contributed by atoms with van der Waals surface area (Å²) in [6, 6.07) is 4.89. The Hall–Kier alpha value is -2.22. The van der Waals surface area contributed by atoms with Gasteiger partial charge in [0, 0.05) is 37.8 Å². The summed E-state index contributed by atoms with van der Waals surface area (Å²) >= 11 is 0. The van der Waals surface area contributed by atoms with E-state index in [0.29, 0.717) is 44.2 Å². The van der Waals surface area contributed by atoms with Crippen LogP contribution in [0.1, 0.15) is 49.8 Å². The standard InChI is InChI=1S/C18H20FN3O/c1-3-4-10-18(20-21-18)11-8-16(23)22-12-9-14-6-5-7-15(19)17(14)13(22)2/h1,5-7,13H,4,8-12H2,2H3/t13-/m0/s1. The lowest BCUT2D eigenvalue weighted by molar-refractivity contribution is -0.134. The van der Waals surface area contributed by atoms with Crippen LogP contribution in [0.2, 0.25) is 0 Å². The number of terminal acetylenes is 1. The lowest BCUT2D eigenvalue weighted by Crippen LogP contribution is -2.39. The van der Waals surface area contributed by atoms with Crippen molar-refractivity contribution in [2.24, 2.45) is 10.2 Å². The first-order valence-corrected chi connectivity index (χ1v) is 8.00. The SMILES string of the molecule is C#CCCC1(CCC(=O)N2CCc3cccc(F)c3[C@@H]2C)N=N1. The van der Waals surface area contributed by atoms with E-state index in [2.05, 4.69) is 16.1 Å². The second kappa shape index (κ2) is 6.11. The molecule has 3 rings (SSSR count). The first-order valence-electron chi connectivity index (χ1n) is 8.00. The lowest BCUT2D eigenvalue weighted by Gasteiger charge is -2.35. The third kappa shape index (κ3) is 3.12. The Kier molecular flexibility index (Phi) is 4.16. The zero-order valence-corrected chi connectivity index (χ0v) is 13.3. The van der Waals surface area contributed by atoms with E-state index in [4.69, 9.17) is 6.42 Å². The summed E-state index contributed by atoms with van der Waals surface area (Å²) in [6.07, 6.45) is 8.22. The van der Waals surface area contributed by atoms with Crippen LogP contribution in [0.5, 0.6) is 0 Å². The summed E-state index contributed by atoms with van der Waals surface area (Å²) in [7, 11) is 0. The lowest BCUT2D eigenvalue weighted by atomic mass is 9.92. The second-order valence-corrected chi connectivity index (χ2v) is 6.21. The average Bonchev–Trinajstić information content (AvgIpc) is 3.31. The Labute approximate surface area is 135 Å². The van der Waals surface area contributed by atoms with Crippen LogP contribution < -0.4 is 0 Å². The van der Waals surface area contributed by atoms with Crippen molar-refractivity contribution >= 4 is 5.91 Å². The fourth-order valence-electron chi connectivity index (χ4n) is 3.32. The molecule has 120 valence electrons. The van der Waals surface area contributed by atoms with Gasteiger partial charge in [-0.2, -0.15) is 10.2 Å². The Balaban J connectivity index is 1.63. The van der Waals surface area contributed by atoms with Crippen LogP contribution in [-0.2, 0) is 11.2 Å². The van der Waals surface area contributed by atoms with Crippen molar-refractivity contribution in [3.05, 3.63) is 35.1 Å². The molecule has 0 saturated carbocycles. The predicted octanol–water partition coefficient (Wildman–Crippen LogP) is 3.63. The van der Waals surface area contributed by atoms with Crippen LogP contribution in [0.3, 0.4) is 0 Å². The van der Waals surface area contributed by atoms with E-state index < -0.39 is 5.66 Å². The molecule has 0 aliphatic carbocycles. The number of fused-ring (bicyclic) bond motifs is 1. The molecule has 5 heteroatoms. The van der Waals surface area contributed by atoms with Crippen LogP contribution in [0.15, 0.2) is 28.4 Å². The first-order chi connectivity index (χ1) is 11.1. The number of hydrogen-bond donors (Lipinski definition) is 0. The smallest absolute Gasteiger partial charge is 0.223 e. The molecule has 1 amide bonds. The molecule has 2 heterocycles. The van der Waals surface area contributed by atoms with Gasteiger partial charge in [-0.05, 0) is 25.0 Å². The molecular formula is C18H20FN3O. The Morgan fingerprint density at radius 2 is 2.26 bits per heavy atom. The summed E-state index contributed by atoms with van der Waals surface area (Å²) in [4.78, 5) is 14.3. The minimum absolute atomic E-state index is 0.0313.